The Labute approximate surface area is 161 Å². The van der Waals surface area contributed by atoms with Crippen molar-refractivity contribution in [1.29, 1.82) is 0 Å². The molecule has 1 heterocycles. The third-order valence-electron chi connectivity index (χ3n) is 4.23. The van der Waals surface area contributed by atoms with Gasteiger partial charge in [0, 0.05) is 22.9 Å². The summed E-state index contributed by atoms with van der Waals surface area (Å²) in [4.78, 5) is 14.6. The number of halogens is 1. The molecule has 142 valence electrons. The number of hydrogen-bond donors (Lipinski definition) is 2. The summed E-state index contributed by atoms with van der Waals surface area (Å²) in [5.41, 5.74) is 6.99. The molecule has 1 fully saturated rings. The first-order valence-electron chi connectivity index (χ1n) is 8.33. The second-order valence-corrected chi connectivity index (χ2v) is 6.93. The Kier molecular flexibility index (Phi) is 5.88. The van der Waals surface area contributed by atoms with E-state index in [1.165, 1.54) is 28.4 Å². The van der Waals surface area contributed by atoms with Gasteiger partial charge >= 0.3 is 6.09 Å². The van der Waals surface area contributed by atoms with Crippen molar-refractivity contribution < 1.29 is 13.9 Å². The number of benzene rings is 2. The van der Waals surface area contributed by atoms with Gasteiger partial charge in [-0.05, 0) is 42.2 Å². The van der Waals surface area contributed by atoms with Crippen LogP contribution in [0.2, 0.25) is 0 Å². The molecule has 6 nitrogen and oxygen atoms in total. The topological polar surface area (TPSA) is 84.8 Å². The van der Waals surface area contributed by atoms with Crippen LogP contribution < -0.4 is 16.5 Å². The summed E-state index contributed by atoms with van der Waals surface area (Å²) in [6.45, 7) is 0.574. The van der Waals surface area contributed by atoms with Crippen LogP contribution in [0.15, 0.2) is 59.8 Å². The van der Waals surface area contributed by atoms with E-state index in [9.17, 15) is 9.18 Å². The van der Waals surface area contributed by atoms with Crippen molar-refractivity contribution in [3.8, 4) is 11.1 Å². The largest absolute Gasteiger partial charge is 0.442 e. The lowest BCUT2D eigenvalue weighted by Gasteiger charge is -2.17. The highest BCUT2D eigenvalue weighted by Gasteiger charge is 2.33. The lowest BCUT2D eigenvalue weighted by atomic mass is 10.0. The maximum Gasteiger partial charge on any atom is 0.414 e. The number of carbonyl (C=O) groups excluding carboxylic acids is 1. The molecule has 8 heteroatoms. The van der Waals surface area contributed by atoms with Crippen molar-refractivity contribution >= 4 is 23.5 Å². The van der Waals surface area contributed by atoms with Gasteiger partial charge in [0.15, 0.2) is 0 Å². The van der Waals surface area contributed by atoms with Crippen molar-refractivity contribution in [2.45, 2.75) is 11.0 Å². The van der Waals surface area contributed by atoms with Crippen LogP contribution in [0.3, 0.4) is 0 Å². The van der Waals surface area contributed by atoms with E-state index in [-0.39, 0.29) is 13.1 Å². The molecule has 0 saturated carbocycles. The number of carbonyl (C=O) groups is 1. The van der Waals surface area contributed by atoms with Gasteiger partial charge in [-0.25, -0.2) is 15.0 Å². The molecule has 0 radical (unpaired) electrons. The SMILES string of the molecule is CSc1ccc(-c2ccc(N3CC(CN(N)/C=C\N)OC3=O)cc2F)cc1. The Hall–Kier alpha value is -2.71. The molecule has 27 heavy (non-hydrogen) atoms. The maximum atomic E-state index is 14.7. The predicted molar refractivity (Wildman–Crippen MR) is 105 cm³/mol. The average Bonchev–Trinajstić information content (AvgIpc) is 3.02. The van der Waals surface area contributed by atoms with Gasteiger partial charge in [0.2, 0.25) is 0 Å². The molecule has 0 bridgehead atoms. The fourth-order valence-corrected chi connectivity index (χ4v) is 3.32. The van der Waals surface area contributed by atoms with E-state index >= 15 is 0 Å². The monoisotopic (exact) mass is 388 g/mol. The first kappa shape index (κ1) is 19.1. The third kappa shape index (κ3) is 4.35. The molecule has 4 N–H and O–H groups in total. The van der Waals surface area contributed by atoms with E-state index in [0.717, 1.165) is 10.5 Å². The minimum Gasteiger partial charge on any atom is -0.442 e. The van der Waals surface area contributed by atoms with Gasteiger partial charge < -0.3 is 15.5 Å². The Balaban J connectivity index is 1.76. The zero-order chi connectivity index (χ0) is 19.4. The molecule has 1 unspecified atom stereocenters. The summed E-state index contributed by atoms with van der Waals surface area (Å²) in [6.07, 6.45) is 3.81. The summed E-state index contributed by atoms with van der Waals surface area (Å²) < 4.78 is 20.0. The first-order chi connectivity index (χ1) is 13.0. The maximum absolute atomic E-state index is 14.7. The Morgan fingerprint density at radius 3 is 2.70 bits per heavy atom. The Morgan fingerprint density at radius 2 is 2.07 bits per heavy atom. The highest BCUT2D eigenvalue weighted by atomic mass is 32.2. The van der Waals surface area contributed by atoms with E-state index in [4.69, 9.17) is 16.3 Å². The third-order valence-corrected chi connectivity index (χ3v) is 4.98. The summed E-state index contributed by atoms with van der Waals surface area (Å²) >= 11 is 1.63. The molecule has 1 atom stereocenters. The van der Waals surface area contributed by atoms with Crippen molar-refractivity contribution in [3.63, 3.8) is 0 Å². The molecule has 1 aliphatic rings. The van der Waals surface area contributed by atoms with Crippen LogP contribution in [0.4, 0.5) is 14.9 Å². The number of rotatable bonds is 6. The van der Waals surface area contributed by atoms with Gasteiger partial charge in [0.05, 0.1) is 18.8 Å². The van der Waals surface area contributed by atoms with Crippen molar-refractivity contribution in [1.82, 2.24) is 5.01 Å². The smallest absolute Gasteiger partial charge is 0.414 e. The fraction of sp³-hybridized carbons (Fsp3) is 0.211. The van der Waals surface area contributed by atoms with Crippen LogP contribution in [0.25, 0.3) is 11.1 Å². The van der Waals surface area contributed by atoms with Crippen LogP contribution in [0, 0.1) is 5.82 Å². The van der Waals surface area contributed by atoms with Crippen molar-refractivity contribution in [2.24, 2.45) is 11.6 Å². The van der Waals surface area contributed by atoms with Gasteiger partial charge in [-0.1, -0.05) is 12.1 Å². The van der Waals surface area contributed by atoms with Crippen LogP contribution in [0.1, 0.15) is 0 Å². The average molecular weight is 388 g/mol. The van der Waals surface area contributed by atoms with Crippen LogP contribution in [-0.4, -0.2) is 36.6 Å². The number of hydrazine groups is 1. The lowest BCUT2D eigenvalue weighted by molar-refractivity contribution is 0.122. The summed E-state index contributed by atoms with van der Waals surface area (Å²) in [7, 11) is 0. The summed E-state index contributed by atoms with van der Waals surface area (Å²) in [6, 6.07) is 12.4. The normalized spacial score (nSPS) is 16.8. The van der Waals surface area contributed by atoms with Crippen LogP contribution >= 0.6 is 11.8 Å². The molecule has 3 rings (SSSR count). The molecule has 1 saturated heterocycles. The van der Waals surface area contributed by atoms with E-state index in [1.807, 2.05) is 30.5 Å². The zero-order valence-electron chi connectivity index (χ0n) is 14.8. The lowest BCUT2D eigenvalue weighted by Crippen LogP contribution is -2.36. The summed E-state index contributed by atoms with van der Waals surface area (Å²) in [5.74, 6) is 5.32. The number of cyclic esters (lactones) is 1. The Bertz CT molecular complexity index is 844. The molecule has 1 amide bonds. The molecule has 2 aromatic rings. The van der Waals surface area contributed by atoms with Gasteiger partial charge in [0.1, 0.15) is 11.9 Å². The summed E-state index contributed by atoms with van der Waals surface area (Å²) in [5, 5.41) is 1.34. The number of nitrogens with two attached hydrogens (primary N) is 2. The van der Waals surface area contributed by atoms with Gasteiger partial charge in [0.25, 0.3) is 0 Å². The standard InChI is InChI=1S/C19H21FN4O2S/c1-27-16-5-2-13(3-6-16)17-7-4-14(10-18(17)20)24-12-15(26-19(24)25)11-23(22)9-8-21/h2-10,15H,11-12,21-22H2,1H3/b9-8-. The quantitative estimate of drug-likeness (QED) is 0.449. The highest BCUT2D eigenvalue weighted by molar-refractivity contribution is 7.98. The second-order valence-electron chi connectivity index (χ2n) is 6.05. The number of ether oxygens (including phenoxy) is 1. The Morgan fingerprint density at radius 1 is 1.33 bits per heavy atom. The van der Waals surface area contributed by atoms with E-state index in [1.54, 1.807) is 23.9 Å². The highest BCUT2D eigenvalue weighted by Crippen LogP contribution is 2.30. The van der Waals surface area contributed by atoms with Crippen molar-refractivity contribution in [3.05, 3.63) is 60.7 Å². The predicted octanol–water partition coefficient (Wildman–Crippen LogP) is 3.15. The van der Waals surface area contributed by atoms with Gasteiger partial charge in [-0.2, -0.15) is 0 Å². The zero-order valence-corrected chi connectivity index (χ0v) is 15.7. The number of anilines is 1. The van der Waals surface area contributed by atoms with Gasteiger partial charge in [-0.15, -0.1) is 11.8 Å². The minimum absolute atomic E-state index is 0.284. The minimum atomic E-state index is -0.526. The van der Waals surface area contributed by atoms with Crippen molar-refractivity contribution in [2.75, 3.05) is 24.2 Å². The molecular weight excluding hydrogens is 367 g/mol. The molecule has 0 aliphatic carbocycles. The number of hydrogen-bond acceptors (Lipinski definition) is 6. The van der Waals surface area contributed by atoms with E-state index in [0.29, 0.717) is 11.3 Å². The molecule has 0 spiro atoms. The first-order valence-corrected chi connectivity index (χ1v) is 9.56. The van der Waals surface area contributed by atoms with Crippen LogP contribution in [0.5, 0.6) is 0 Å². The second kappa shape index (κ2) is 8.32. The molecule has 1 aliphatic heterocycles. The molecule has 0 aromatic heterocycles. The number of amides is 1. The van der Waals surface area contributed by atoms with Gasteiger partial charge in [-0.3, -0.25) is 4.90 Å². The van der Waals surface area contributed by atoms with E-state index < -0.39 is 18.0 Å². The molecular formula is C19H21FN4O2S. The fourth-order valence-electron chi connectivity index (χ4n) is 2.91. The number of nitrogens with zero attached hydrogens (tertiary/aromatic N) is 2. The van der Waals surface area contributed by atoms with E-state index in [2.05, 4.69) is 0 Å². The molecule has 2 aromatic carbocycles. The van der Waals surface area contributed by atoms with Crippen LogP contribution in [-0.2, 0) is 4.74 Å². The number of thioether (sulfide) groups is 1.